The highest BCUT2D eigenvalue weighted by Crippen LogP contribution is 2.48. The topological polar surface area (TPSA) is 209 Å². The number of carbonyl (C=O) groups excluding carboxylic acids is 1. The summed E-state index contributed by atoms with van der Waals surface area (Å²) in [5.74, 6) is -1.64. The molecule has 0 radical (unpaired) electrons. The van der Waals surface area contributed by atoms with Crippen LogP contribution in [-0.2, 0) is 35.6 Å². The molecule has 1 unspecified atom stereocenters. The molecule has 1 saturated heterocycles. The first-order valence-electron chi connectivity index (χ1n) is 21.7. The molecule has 14 nitrogen and oxygen atoms in total. The third kappa shape index (κ3) is 14.1. The van der Waals surface area contributed by atoms with Crippen molar-refractivity contribution < 1.29 is 37.7 Å². The van der Waals surface area contributed by atoms with E-state index in [2.05, 4.69) is 23.1 Å². The van der Waals surface area contributed by atoms with Gasteiger partial charge in [0.2, 0.25) is 5.60 Å². The lowest BCUT2D eigenvalue weighted by Crippen LogP contribution is -2.39. The second kappa shape index (κ2) is 24.5. The zero-order valence-corrected chi connectivity index (χ0v) is 36.5. The lowest BCUT2D eigenvalue weighted by Gasteiger charge is -2.26. The van der Waals surface area contributed by atoms with E-state index in [1.807, 2.05) is 6.07 Å². The monoisotopic (exact) mass is 853 g/mol. The first-order chi connectivity index (χ1) is 28.9. The molecule has 4 rings (SSSR count). The van der Waals surface area contributed by atoms with Gasteiger partial charge in [-0.05, 0) is 48.7 Å². The molecule has 330 valence electrons. The van der Waals surface area contributed by atoms with Crippen LogP contribution >= 0.6 is 7.60 Å². The Labute approximate surface area is 354 Å². The highest BCUT2D eigenvalue weighted by Gasteiger charge is 2.56. The number of aliphatic hydroxyl groups excluding tert-OH is 1. The van der Waals surface area contributed by atoms with Gasteiger partial charge in [-0.3, -0.25) is 9.36 Å². The third-order valence-electron chi connectivity index (χ3n) is 11.6. The van der Waals surface area contributed by atoms with Gasteiger partial charge in [-0.25, -0.2) is 13.9 Å². The van der Waals surface area contributed by atoms with Gasteiger partial charge >= 0.3 is 7.60 Å². The Balaban J connectivity index is 1.26. The highest BCUT2D eigenvalue weighted by atomic mass is 31.2. The van der Waals surface area contributed by atoms with E-state index in [9.17, 15) is 34.3 Å². The quantitative estimate of drug-likeness (QED) is 0.0465. The molecule has 60 heavy (non-hydrogen) atoms. The van der Waals surface area contributed by atoms with Crippen molar-refractivity contribution in [3.05, 3.63) is 59.3 Å². The molecule has 1 aliphatic heterocycles. The maximum atomic E-state index is 14.2. The number of benzene rings is 1. The normalized spacial score (nSPS) is 20.4. The predicted octanol–water partition coefficient (Wildman–Crippen LogP) is 8.33. The summed E-state index contributed by atoms with van der Waals surface area (Å²) in [6.45, 7) is 3.60. The van der Waals surface area contributed by atoms with E-state index in [-0.39, 0.29) is 24.4 Å². The zero-order valence-electron chi connectivity index (χ0n) is 35.6. The molecule has 1 aliphatic rings. The minimum absolute atomic E-state index is 0.0963. The molecule has 2 aromatic heterocycles. The van der Waals surface area contributed by atoms with Crippen LogP contribution in [0.25, 0.3) is 5.52 Å². The minimum atomic E-state index is -4.41. The average molecular weight is 854 g/mol. The summed E-state index contributed by atoms with van der Waals surface area (Å²) in [4.78, 5) is 30.1. The summed E-state index contributed by atoms with van der Waals surface area (Å²) < 4.78 is 46.5. The lowest BCUT2D eigenvalue weighted by molar-refractivity contribution is -0.143. The van der Waals surface area contributed by atoms with Crippen LogP contribution in [-0.4, -0.2) is 80.1 Å². The van der Waals surface area contributed by atoms with E-state index >= 15 is 0 Å². The fourth-order valence-electron chi connectivity index (χ4n) is 7.89. The number of nitriles is 2. The van der Waals surface area contributed by atoms with Crippen molar-refractivity contribution in [3.8, 4) is 12.1 Å². The second-order valence-electron chi connectivity index (χ2n) is 16.2. The van der Waals surface area contributed by atoms with Gasteiger partial charge in [0.15, 0.2) is 5.82 Å². The van der Waals surface area contributed by atoms with Crippen LogP contribution < -0.4 is 5.73 Å². The van der Waals surface area contributed by atoms with Crippen molar-refractivity contribution in [2.45, 2.75) is 154 Å². The van der Waals surface area contributed by atoms with Crippen LogP contribution in [0.1, 0.15) is 140 Å². The number of aromatic nitrogens is 3. The van der Waals surface area contributed by atoms with Crippen LogP contribution in [0.4, 0.5) is 10.2 Å². The van der Waals surface area contributed by atoms with Gasteiger partial charge in [0.1, 0.15) is 35.9 Å². The molecule has 3 aromatic rings. The molecular weight excluding hydrogens is 788 g/mol. The minimum Gasteiger partial charge on any atom is -0.390 e. The summed E-state index contributed by atoms with van der Waals surface area (Å²) in [5, 5.41) is 35.0. The molecule has 1 fully saturated rings. The van der Waals surface area contributed by atoms with Gasteiger partial charge in [0, 0.05) is 19.5 Å². The van der Waals surface area contributed by atoms with Gasteiger partial charge in [-0.1, -0.05) is 110 Å². The fourth-order valence-corrected chi connectivity index (χ4v) is 8.95. The van der Waals surface area contributed by atoms with E-state index in [0.29, 0.717) is 23.3 Å². The fraction of sp³-hybridized carbons (Fsp3) is 0.659. The number of amides is 1. The van der Waals surface area contributed by atoms with E-state index in [1.165, 1.54) is 100 Å². The van der Waals surface area contributed by atoms with E-state index in [1.54, 1.807) is 31.0 Å². The number of aliphatic hydroxyl groups is 1. The Kier molecular flexibility index (Phi) is 19.9. The standard InChI is InChI=1S/C44H65FN7O7P/c1-4-5-6-7-8-9-10-11-12-13-14-15-16-17-18-19-23-51(3)43(54)38(57-29-35-25-34(28-46)26-36(45)27-35)22-24-60(55,56)58-30-39-41(53)33(2)44(31-47,59-39)40-21-20-37-42(48)49-32-50-52(37)40/h20-21,25-27,32-33,38-39,41,53H,4-19,22-24,29-30H2,1-3H3,(H,55,56)(H2,48,49,50)/t33-,38+,39-,41+,44-/m1/s1. The molecule has 0 bridgehead atoms. The van der Waals surface area contributed by atoms with Gasteiger partial charge < -0.3 is 34.6 Å². The van der Waals surface area contributed by atoms with E-state index < -0.39 is 61.9 Å². The number of ether oxygens (including phenoxy) is 2. The Morgan fingerprint density at radius 1 is 1.03 bits per heavy atom. The van der Waals surface area contributed by atoms with Gasteiger partial charge in [-0.15, -0.1) is 0 Å². The number of hydrogen-bond acceptors (Lipinski definition) is 11. The number of anilines is 1. The van der Waals surface area contributed by atoms with E-state index in [4.69, 9.17) is 19.7 Å². The van der Waals surface area contributed by atoms with Crippen LogP contribution in [0.3, 0.4) is 0 Å². The lowest BCUT2D eigenvalue weighted by atomic mass is 9.85. The summed E-state index contributed by atoms with van der Waals surface area (Å²) in [6, 6.07) is 11.0. The number of fused-ring (bicyclic) bond motifs is 1. The van der Waals surface area contributed by atoms with Crippen molar-refractivity contribution >= 4 is 24.8 Å². The molecule has 1 aromatic carbocycles. The first-order valence-corrected chi connectivity index (χ1v) is 23.5. The summed E-state index contributed by atoms with van der Waals surface area (Å²) in [6.07, 6.45) is 16.8. The Bertz CT molecular complexity index is 1940. The smallest absolute Gasteiger partial charge is 0.328 e. The molecule has 4 N–H and O–H groups in total. The summed E-state index contributed by atoms with van der Waals surface area (Å²) >= 11 is 0. The summed E-state index contributed by atoms with van der Waals surface area (Å²) in [7, 11) is -2.75. The Morgan fingerprint density at radius 3 is 2.25 bits per heavy atom. The summed E-state index contributed by atoms with van der Waals surface area (Å²) in [5.41, 5.74) is 5.46. The van der Waals surface area contributed by atoms with Crippen LogP contribution in [0.2, 0.25) is 0 Å². The van der Waals surface area contributed by atoms with Crippen LogP contribution in [0, 0.1) is 34.4 Å². The largest absolute Gasteiger partial charge is 0.390 e. The number of nitrogens with two attached hydrogens (primary N) is 1. The number of rotatable bonds is 28. The number of likely N-dealkylation sites (N-methyl/N-ethyl adjacent to an activating group) is 1. The molecule has 1 amide bonds. The maximum absolute atomic E-state index is 14.2. The van der Waals surface area contributed by atoms with Gasteiger partial charge in [0.25, 0.3) is 5.91 Å². The van der Waals surface area contributed by atoms with E-state index in [0.717, 1.165) is 31.7 Å². The average Bonchev–Trinajstić information content (AvgIpc) is 3.78. The second-order valence-corrected chi connectivity index (χ2v) is 18.2. The number of nitrogen functional groups attached to an aromatic ring is 1. The molecule has 0 spiro atoms. The number of unbranched alkanes of at least 4 members (excludes halogenated alkanes) is 15. The molecule has 0 saturated carbocycles. The van der Waals surface area contributed by atoms with Crippen molar-refractivity contribution in [1.82, 2.24) is 19.5 Å². The SMILES string of the molecule is CCCCCCCCCCCCCCCCCCN(C)C(=O)[C@H](CCP(=O)(O)OC[C@H]1O[C@@](C#N)(c2ccc3c(N)ncnn23)[C@H](C)[C@@H]1O)OCc1cc(F)cc(C#N)c1. The Hall–Kier alpha value is -3.95. The predicted molar refractivity (Wildman–Crippen MR) is 227 cm³/mol. The number of carbonyl (C=O) groups is 1. The third-order valence-corrected chi connectivity index (χ3v) is 12.9. The number of hydrogen-bond donors (Lipinski definition) is 3. The van der Waals surface area contributed by atoms with Crippen LogP contribution in [0.15, 0.2) is 36.7 Å². The van der Waals surface area contributed by atoms with Gasteiger partial charge in [-0.2, -0.15) is 15.6 Å². The number of halogens is 1. The molecular formula is C44H65FN7O7P. The van der Waals surface area contributed by atoms with Gasteiger partial charge in [0.05, 0.1) is 42.8 Å². The maximum Gasteiger partial charge on any atom is 0.328 e. The Morgan fingerprint density at radius 2 is 1.65 bits per heavy atom. The molecule has 16 heteroatoms. The number of nitrogens with zero attached hydrogens (tertiary/aromatic N) is 6. The van der Waals surface area contributed by atoms with Crippen molar-refractivity contribution in [1.29, 1.82) is 10.5 Å². The first kappa shape index (κ1) is 48.7. The van der Waals surface area contributed by atoms with Crippen LogP contribution in [0.5, 0.6) is 0 Å². The van der Waals surface area contributed by atoms with Crippen molar-refractivity contribution in [2.75, 3.05) is 32.1 Å². The molecule has 3 heterocycles. The molecule has 0 aliphatic carbocycles. The van der Waals surface area contributed by atoms with Crippen molar-refractivity contribution in [2.24, 2.45) is 5.92 Å². The van der Waals surface area contributed by atoms with Crippen molar-refractivity contribution in [3.63, 3.8) is 0 Å². The zero-order chi connectivity index (χ0) is 43.5. The highest BCUT2D eigenvalue weighted by molar-refractivity contribution is 7.52. The molecule has 6 atom stereocenters.